The molecule has 1 fully saturated rings. The van der Waals surface area contributed by atoms with Crippen LogP contribution in [-0.2, 0) is 4.74 Å². The van der Waals surface area contributed by atoms with Crippen molar-refractivity contribution in [3.05, 3.63) is 24.6 Å². The summed E-state index contributed by atoms with van der Waals surface area (Å²) in [5.74, 6) is 0. The molecule has 0 aromatic rings. The summed E-state index contributed by atoms with van der Waals surface area (Å²) in [6.45, 7) is 0.607. The van der Waals surface area contributed by atoms with E-state index in [1.165, 1.54) is 0 Å². The molecule has 8 heteroatoms. The summed E-state index contributed by atoms with van der Waals surface area (Å²) in [5, 5.41) is 30.2. The Kier molecular flexibility index (Phi) is 4.76. The standard InChI is InChI=1S/C15H22N4O4/c20-7-8-23-15(19-6-2-4-17-11-19)13(9-12(21)14(15)22)18-5-1-3-16-10-18/h1-6,12-14,20-22H,7-11H2. The van der Waals surface area contributed by atoms with E-state index in [0.717, 1.165) is 0 Å². The van der Waals surface area contributed by atoms with Crippen LogP contribution in [-0.4, -0.2) is 88.1 Å². The number of ether oxygens (including phenoxy) is 1. The summed E-state index contributed by atoms with van der Waals surface area (Å²) in [5.41, 5.74) is -1.20. The first-order valence-corrected chi connectivity index (χ1v) is 7.67. The Morgan fingerprint density at radius 3 is 2.48 bits per heavy atom. The van der Waals surface area contributed by atoms with Crippen molar-refractivity contribution < 1.29 is 20.1 Å². The average molecular weight is 322 g/mol. The van der Waals surface area contributed by atoms with Crippen LogP contribution in [0.1, 0.15) is 6.42 Å². The fourth-order valence-electron chi connectivity index (χ4n) is 3.42. The molecule has 4 atom stereocenters. The van der Waals surface area contributed by atoms with Crippen molar-refractivity contribution >= 4 is 12.4 Å². The molecule has 0 saturated heterocycles. The van der Waals surface area contributed by atoms with Crippen molar-refractivity contribution in [2.75, 3.05) is 26.6 Å². The Bertz CT molecular complexity index is 536. The molecule has 23 heavy (non-hydrogen) atoms. The Hall–Kier alpha value is -1.74. The van der Waals surface area contributed by atoms with E-state index >= 15 is 0 Å². The second kappa shape index (κ2) is 6.79. The van der Waals surface area contributed by atoms with Gasteiger partial charge in [-0.05, 0) is 12.2 Å². The highest BCUT2D eigenvalue weighted by molar-refractivity contribution is 5.72. The van der Waals surface area contributed by atoms with Gasteiger partial charge in [-0.25, -0.2) is 0 Å². The molecule has 0 amide bonds. The van der Waals surface area contributed by atoms with Gasteiger partial charge in [0.05, 0.1) is 25.4 Å². The number of aliphatic hydroxyl groups is 3. The summed E-state index contributed by atoms with van der Waals surface area (Å²) >= 11 is 0. The largest absolute Gasteiger partial charge is 0.394 e. The summed E-state index contributed by atoms with van der Waals surface area (Å²) in [4.78, 5) is 12.1. The molecule has 4 unspecified atom stereocenters. The van der Waals surface area contributed by atoms with Gasteiger partial charge in [0.1, 0.15) is 19.4 Å². The van der Waals surface area contributed by atoms with Crippen LogP contribution >= 0.6 is 0 Å². The fraction of sp³-hybridized carbons (Fsp3) is 0.600. The van der Waals surface area contributed by atoms with Gasteiger partial charge in [0.25, 0.3) is 0 Å². The van der Waals surface area contributed by atoms with Gasteiger partial charge in [-0.2, -0.15) is 0 Å². The van der Waals surface area contributed by atoms with Crippen LogP contribution < -0.4 is 0 Å². The van der Waals surface area contributed by atoms with Crippen LogP contribution in [0, 0.1) is 0 Å². The highest BCUT2D eigenvalue weighted by atomic mass is 16.5. The molecule has 126 valence electrons. The van der Waals surface area contributed by atoms with Gasteiger partial charge in [0.2, 0.25) is 0 Å². The van der Waals surface area contributed by atoms with Crippen LogP contribution in [0.4, 0.5) is 0 Å². The lowest BCUT2D eigenvalue weighted by Gasteiger charge is -2.48. The summed E-state index contributed by atoms with van der Waals surface area (Å²) in [6.07, 6.45) is 8.88. The van der Waals surface area contributed by atoms with E-state index in [1.807, 2.05) is 17.2 Å². The zero-order valence-corrected chi connectivity index (χ0v) is 12.8. The van der Waals surface area contributed by atoms with Crippen LogP contribution in [0.15, 0.2) is 34.5 Å². The molecule has 3 N–H and O–H groups in total. The molecule has 0 bridgehead atoms. The number of nitrogens with zero attached hydrogens (tertiary/aromatic N) is 4. The van der Waals surface area contributed by atoms with Crippen molar-refractivity contribution in [1.82, 2.24) is 9.80 Å². The Labute approximate surface area is 134 Å². The maximum atomic E-state index is 10.7. The monoisotopic (exact) mass is 322 g/mol. The number of rotatable bonds is 5. The molecule has 0 aromatic carbocycles. The minimum absolute atomic E-state index is 0.0508. The van der Waals surface area contributed by atoms with Gasteiger partial charge in [-0.3, -0.25) is 9.98 Å². The number of hydrogen-bond donors (Lipinski definition) is 3. The number of hydrogen-bond acceptors (Lipinski definition) is 8. The average Bonchev–Trinajstić information content (AvgIpc) is 2.87. The van der Waals surface area contributed by atoms with E-state index in [1.54, 1.807) is 29.6 Å². The topological polar surface area (TPSA) is 101 Å². The van der Waals surface area contributed by atoms with Gasteiger partial charge in [-0.1, -0.05) is 0 Å². The molecule has 0 spiro atoms. The molecule has 8 nitrogen and oxygen atoms in total. The Morgan fingerprint density at radius 1 is 1.13 bits per heavy atom. The first kappa shape index (κ1) is 16.1. The van der Waals surface area contributed by atoms with E-state index in [4.69, 9.17) is 4.74 Å². The third kappa shape index (κ3) is 2.78. The highest BCUT2D eigenvalue weighted by Gasteiger charge is 2.60. The predicted molar refractivity (Wildman–Crippen MR) is 84.9 cm³/mol. The third-order valence-electron chi connectivity index (χ3n) is 4.41. The number of aliphatic hydroxyl groups excluding tert-OH is 3. The van der Waals surface area contributed by atoms with E-state index in [-0.39, 0.29) is 19.3 Å². The van der Waals surface area contributed by atoms with Crippen molar-refractivity contribution in [3.8, 4) is 0 Å². The molecule has 2 heterocycles. The van der Waals surface area contributed by atoms with E-state index in [9.17, 15) is 15.3 Å². The quantitative estimate of drug-likeness (QED) is 0.594. The van der Waals surface area contributed by atoms with Gasteiger partial charge >= 0.3 is 0 Å². The molecular formula is C15H22N4O4. The lowest BCUT2D eigenvalue weighted by atomic mass is 10.0. The zero-order valence-electron chi connectivity index (χ0n) is 12.8. The van der Waals surface area contributed by atoms with Crippen molar-refractivity contribution in [2.24, 2.45) is 9.98 Å². The molecule has 1 aliphatic carbocycles. The van der Waals surface area contributed by atoms with Gasteiger partial charge < -0.3 is 29.9 Å². The summed E-state index contributed by atoms with van der Waals surface area (Å²) < 4.78 is 5.94. The molecule has 0 aromatic heterocycles. The molecule has 0 radical (unpaired) electrons. The number of allylic oxidation sites excluding steroid dienone is 2. The van der Waals surface area contributed by atoms with Crippen LogP contribution in [0.2, 0.25) is 0 Å². The molecule has 2 aliphatic heterocycles. The fourth-order valence-corrected chi connectivity index (χ4v) is 3.42. The van der Waals surface area contributed by atoms with Crippen molar-refractivity contribution in [2.45, 2.75) is 30.4 Å². The normalized spacial score (nSPS) is 36.2. The number of aliphatic imine (C=N–C) groups is 2. The predicted octanol–water partition coefficient (Wildman–Crippen LogP) is -1.10. The minimum atomic E-state index is -1.20. The maximum absolute atomic E-state index is 10.7. The van der Waals surface area contributed by atoms with Crippen LogP contribution in [0.25, 0.3) is 0 Å². The summed E-state index contributed by atoms with van der Waals surface area (Å²) in [7, 11) is 0. The van der Waals surface area contributed by atoms with Crippen molar-refractivity contribution in [1.29, 1.82) is 0 Å². The van der Waals surface area contributed by atoms with E-state index < -0.39 is 17.9 Å². The SMILES string of the molecule is OCCOC1(N2C=CC=NC2)C(O)C(O)CC1N1C=CC=NC1. The molecule has 1 saturated carbocycles. The maximum Gasteiger partial charge on any atom is 0.191 e. The lowest BCUT2D eigenvalue weighted by molar-refractivity contribution is -0.220. The smallest absolute Gasteiger partial charge is 0.191 e. The van der Waals surface area contributed by atoms with Crippen molar-refractivity contribution in [3.63, 3.8) is 0 Å². The first-order chi connectivity index (χ1) is 11.2. The summed E-state index contributed by atoms with van der Waals surface area (Å²) in [6, 6.07) is -0.328. The van der Waals surface area contributed by atoms with Gasteiger partial charge in [-0.15, -0.1) is 0 Å². The molecular weight excluding hydrogens is 300 g/mol. The second-order valence-electron chi connectivity index (χ2n) is 5.70. The Morgan fingerprint density at radius 2 is 1.87 bits per heavy atom. The van der Waals surface area contributed by atoms with Crippen LogP contribution in [0.5, 0.6) is 0 Å². The lowest BCUT2D eigenvalue weighted by Crippen LogP contribution is -2.65. The minimum Gasteiger partial charge on any atom is -0.394 e. The Balaban J connectivity index is 1.96. The molecule has 3 aliphatic rings. The third-order valence-corrected chi connectivity index (χ3v) is 4.41. The van der Waals surface area contributed by atoms with Crippen LogP contribution in [0.3, 0.4) is 0 Å². The van der Waals surface area contributed by atoms with Gasteiger partial charge in [0, 0.05) is 31.2 Å². The highest BCUT2D eigenvalue weighted by Crippen LogP contribution is 2.41. The first-order valence-electron chi connectivity index (χ1n) is 7.67. The zero-order chi connectivity index (χ0) is 16.3. The van der Waals surface area contributed by atoms with E-state index in [0.29, 0.717) is 19.8 Å². The van der Waals surface area contributed by atoms with Gasteiger partial charge in [0.15, 0.2) is 5.72 Å². The molecule has 3 rings (SSSR count). The second-order valence-corrected chi connectivity index (χ2v) is 5.70. The van der Waals surface area contributed by atoms with E-state index in [2.05, 4.69) is 9.98 Å².